The van der Waals surface area contributed by atoms with Gasteiger partial charge in [-0.25, -0.2) is 0 Å². The number of aryl methyl sites for hydroxylation is 1. The molecule has 2 aromatic carbocycles. The summed E-state index contributed by atoms with van der Waals surface area (Å²) in [5.41, 5.74) is 9.45. The molecule has 0 aliphatic heterocycles. The van der Waals surface area contributed by atoms with Gasteiger partial charge in [0.2, 0.25) is 5.91 Å². The molecule has 132 valence electrons. The van der Waals surface area contributed by atoms with Gasteiger partial charge in [-0.1, -0.05) is 18.2 Å². The Balaban J connectivity index is 0.00000225. The largest absolute Gasteiger partial charge is 0.399 e. The van der Waals surface area contributed by atoms with Crippen molar-refractivity contribution in [2.45, 2.75) is 32.7 Å². The van der Waals surface area contributed by atoms with Crippen LogP contribution in [0.15, 0.2) is 48.7 Å². The summed E-state index contributed by atoms with van der Waals surface area (Å²) in [4.78, 5) is 12.2. The molecule has 3 aromatic rings. The Kier molecular flexibility index (Phi) is 6.04. The molecule has 0 saturated heterocycles. The number of para-hydroxylation sites is 1. The molecule has 0 spiro atoms. The van der Waals surface area contributed by atoms with Crippen molar-refractivity contribution in [2.75, 3.05) is 11.1 Å². The van der Waals surface area contributed by atoms with E-state index in [0.717, 1.165) is 27.8 Å². The number of benzene rings is 2. The zero-order valence-corrected chi connectivity index (χ0v) is 15.2. The van der Waals surface area contributed by atoms with E-state index in [1.54, 1.807) is 0 Å². The van der Waals surface area contributed by atoms with E-state index in [9.17, 15) is 4.79 Å². The second kappa shape index (κ2) is 8.03. The first-order chi connectivity index (χ1) is 11.5. The second-order valence-electron chi connectivity index (χ2n) is 6.20. The Hall–Kier alpha value is -2.53. The average Bonchev–Trinajstić information content (AvgIpc) is 2.97. The number of carbonyl (C=O) groups excluding carboxylic acids is 1. The molecular formula is C19H23ClN4O. The number of carbonyl (C=O) groups is 1. The maximum atomic E-state index is 12.2. The van der Waals surface area contributed by atoms with Crippen LogP contribution in [-0.4, -0.2) is 15.7 Å². The molecule has 1 heterocycles. The van der Waals surface area contributed by atoms with E-state index in [2.05, 4.69) is 24.3 Å². The number of nitrogens with zero attached hydrogens (tertiary/aromatic N) is 2. The number of halogens is 1. The van der Waals surface area contributed by atoms with Gasteiger partial charge in [-0.15, -0.1) is 12.4 Å². The summed E-state index contributed by atoms with van der Waals surface area (Å²) in [6, 6.07) is 13.8. The van der Waals surface area contributed by atoms with E-state index in [1.165, 1.54) is 0 Å². The highest BCUT2D eigenvalue weighted by atomic mass is 35.5. The Morgan fingerprint density at radius 2 is 2.00 bits per heavy atom. The van der Waals surface area contributed by atoms with E-state index in [1.807, 2.05) is 53.3 Å². The highest BCUT2D eigenvalue weighted by Gasteiger charge is 2.09. The Morgan fingerprint density at radius 3 is 2.72 bits per heavy atom. The summed E-state index contributed by atoms with van der Waals surface area (Å²) in [5, 5.41) is 8.42. The molecule has 0 unspecified atom stereocenters. The van der Waals surface area contributed by atoms with Gasteiger partial charge in [-0.3, -0.25) is 9.48 Å². The van der Waals surface area contributed by atoms with Gasteiger partial charge in [0.25, 0.3) is 0 Å². The third kappa shape index (κ3) is 4.31. The highest BCUT2D eigenvalue weighted by molar-refractivity contribution is 5.93. The maximum absolute atomic E-state index is 12.2. The van der Waals surface area contributed by atoms with Crippen molar-refractivity contribution in [3.63, 3.8) is 0 Å². The van der Waals surface area contributed by atoms with Crippen LogP contribution in [0.25, 0.3) is 10.9 Å². The minimum absolute atomic E-state index is 0. The fourth-order valence-corrected chi connectivity index (χ4v) is 2.76. The molecule has 6 heteroatoms. The topological polar surface area (TPSA) is 72.9 Å². The minimum atomic E-state index is -0.0202. The molecule has 0 aliphatic rings. The average molecular weight is 359 g/mol. The first-order valence-corrected chi connectivity index (χ1v) is 8.15. The van der Waals surface area contributed by atoms with Crippen molar-refractivity contribution >= 4 is 40.6 Å². The number of hydrogen-bond donors (Lipinski definition) is 2. The van der Waals surface area contributed by atoms with Crippen molar-refractivity contribution in [1.29, 1.82) is 0 Å². The van der Waals surface area contributed by atoms with Crippen LogP contribution < -0.4 is 11.1 Å². The lowest BCUT2D eigenvalue weighted by Gasteiger charge is -2.10. The van der Waals surface area contributed by atoms with E-state index < -0.39 is 0 Å². The van der Waals surface area contributed by atoms with Crippen LogP contribution in [0.4, 0.5) is 11.4 Å². The maximum Gasteiger partial charge on any atom is 0.224 e. The van der Waals surface area contributed by atoms with Gasteiger partial charge in [0, 0.05) is 29.2 Å². The molecule has 0 bridgehead atoms. The molecular weight excluding hydrogens is 336 g/mol. The second-order valence-corrected chi connectivity index (χ2v) is 6.20. The molecule has 0 saturated carbocycles. The van der Waals surface area contributed by atoms with Crippen molar-refractivity contribution in [2.24, 2.45) is 0 Å². The molecule has 0 aliphatic carbocycles. The quantitative estimate of drug-likeness (QED) is 0.671. The number of nitrogens with one attached hydrogen (secondary N) is 1. The van der Waals surface area contributed by atoms with Crippen LogP contribution in [0.3, 0.4) is 0 Å². The van der Waals surface area contributed by atoms with Crippen molar-refractivity contribution in [3.05, 3.63) is 54.2 Å². The van der Waals surface area contributed by atoms with Crippen LogP contribution in [0.1, 0.15) is 31.9 Å². The summed E-state index contributed by atoms with van der Waals surface area (Å²) < 4.78 is 1.95. The zero-order chi connectivity index (χ0) is 17.1. The summed E-state index contributed by atoms with van der Waals surface area (Å²) in [6.45, 7) is 4.17. The molecule has 5 nitrogen and oxygen atoms in total. The van der Waals surface area contributed by atoms with E-state index in [4.69, 9.17) is 5.73 Å². The van der Waals surface area contributed by atoms with Crippen molar-refractivity contribution < 1.29 is 4.79 Å². The van der Waals surface area contributed by atoms with Gasteiger partial charge < -0.3 is 11.1 Å². The smallest absolute Gasteiger partial charge is 0.224 e. The van der Waals surface area contributed by atoms with E-state index in [0.29, 0.717) is 12.8 Å². The normalized spacial score (nSPS) is 10.7. The fraction of sp³-hybridized carbons (Fsp3) is 0.263. The minimum Gasteiger partial charge on any atom is -0.399 e. The molecule has 0 radical (unpaired) electrons. The van der Waals surface area contributed by atoms with Gasteiger partial charge >= 0.3 is 0 Å². The van der Waals surface area contributed by atoms with Crippen molar-refractivity contribution in [3.8, 4) is 0 Å². The van der Waals surface area contributed by atoms with Gasteiger partial charge in [-0.2, -0.15) is 5.10 Å². The number of nitrogens with two attached hydrogens (primary N) is 1. The van der Waals surface area contributed by atoms with Crippen LogP contribution in [-0.2, 0) is 11.2 Å². The molecule has 0 fully saturated rings. The number of rotatable bonds is 5. The lowest BCUT2D eigenvalue weighted by Crippen LogP contribution is -2.13. The highest BCUT2D eigenvalue weighted by Crippen LogP contribution is 2.22. The SMILES string of the molecule is CC(C)n1ncc2ccc(NC(=O)CCc3ccccc3N)cc21.Cl. The monoisotopic (exact) mass is 358 g/mol. The first kappa shape index (κ1) is 18.8. The summed E-state index contributed by atoms with van der Waals surface area (Å²) in [5.74, 6) is -0.0202. The molecule has 0 atom stereocenters. The summed E-state index contributed by atoms with van der Waals surface area (Å²) in [7, 11) is 0. The van der Waals surface area contributed by atoms with E-state index in [-0.39, 0.29) is 24.4 Å². The third-order valence-electron chi connectivity index (χ3n) is 4.05. The number of aromatic nitrogens is 2. The van der Waals surface area contributed by atoms with Gasteiger partial charge in [0.15, 0.2) is 0 Å². The number of anilines is 2. The van der Waals surface area contributed by atoms with Gasteiger partial charge in [-0.05, 0) is 50.1 Å². The Morgan fingerprint density at radius 1 is 1.24 bits per heavy atom. The van der Waals surface area contributed by atoms with Crippen molar-refractivity contribution in [1.82, 2.24) is 9.78 Å². The predicted octanol–water partition coefficient (Wildman–Crippen LogP) is 4.19. The van der Waals surface area contributed by atoms with E-state index >= 15 is 0 Å². The molecule has 1 aromatic heterocycles. The number of amides is 1. The van der Waals surface area contributed by atoms with Gasteiger partial charge in [0.1, 0.15) is 0 Å². The molecule has 25 heavy (non-hydrogen) atoms. The third-order valence-corrected chi connectivity index (χ3v) is 4.05. The van der Waals surface area contributed by atoms with Crippen LogP contribution in [0, 0.1) is 0 Å². The number of nitrogen functional groups attached to an aromatic ring is 1. The first-order valence-electron chi connectivity index (χ1n) is 8.15. The number of fused-ring (bicyclic) bond motifs is 1. The van der Waals surface area contributed by atoms with Crippen LogP contribution in [0.5, 0.6) is 0 Å². The molecule has 3 N–H and O–H groups in total. The Bertz CT molecular complexity index is 873. The molecule has 1 amide bonds. The predicted molar refractivity (Wildman–Crippen MR) is 105 cm³/mol. The number of hydrogen-bond acceptors (Lipinski definition) is 3. The zero-order valence-electron chi connectivity index (χ0n) is 14.4. The fourth-order valence-electron chi connectivity index (χ4n) is 2.76. The lowest BCUT2D eigenvalue weighted by molar-refractivity contribution is -0.116. The lowest BCUT2D eigenvalue weighted by atomic mass is 10.1. The Labute approximate surface area is 153 Å². The summed E-state index contributed by atoms with van der Waals surface area (Å²) >= 11 is 0. The van der Waals surface area contributed by atoms with Crippen LogP contribution >= 0.6 is 12.4 Å². The summed E-state index contributed by atoms with van der Waals surface area (Å²) in [6.07, 6.45) is 2.87. The van der Waals surface area contributed by atoms with Crippen LogP contribution in [0.2, 0.25) is 0 Å². The standard InChI is InChI=1S/C19H22N4O.ClH/c1-13(2)23-18-11-16(9-7-15(18)12-21-23)22-19(24)10-8-14-5-3-4-6-17(14)20;/h3-7,9,11-13H,8,10,20H2,1-2H3,(H,22,24);1H. The molecule has 3 rings (SSSR count). The van der Waals surface area contributed by atoms with Gasteiger partial charge in [0.05, 0.1) is 11.7 Å².